The normalized spacial score (nSPS) is 15.4. The van der Waals surface area contributed by atoms with Crippen LogP contribution >= 0.6 is 15.9 Å². The molecule has 1 N–H and O–H groups in total. The van der Waals surface area contributed by atoms with Crippen molar-refractivity contribution in [3.63, 3.8) is 0 Å². The van der Waals surface area contributed by atoms with Crippen molar-refractivity contribution in [2.45, 2.75) is 31.6 Å². The quantitative estimate of drug-likeness (QED) is 0.599. The topological polar surface area (TPSA) is 30.5 Å². The summed E-state index contributed by atoms with van der Waals surface area (Å²) < 4.78 is 46.3. The van der Waals surface area contributed by atoms with E-state index in [1.54, 1.807) is 6.07 Å². The molecule has 0 atom stereocenters. The largest absolute Gasteiger partial charge is 0.466 e. The molecule has 0 aliphatic heterocycles. The smallest absolute Gasteiger partial charge is 0.411 e. The molecule has 3 nitrogen and oxygen atoms in total. The summed E-state index contributed by atoms with van der Waals surface area (Å²) in [6.07, 6.45) is -2.01. The molecule has 1 aliphatic carbocycles. The molecule has 1 fully saturated rings. The highest BCUT2D eigenvalue weighted by Crippen LogP contribution is 2.30. The highest BCUT2D eigenvalue weighted by Gasteiger charge is 2.27. The van der Waals surface area contributed by atoms with Gasteiger partial charge in [0.1, 0.15) is 12.4 Å². The molecular formula is C13H15BrF3NO2. The fourth-order valence-electron chi connectivity index (χ4n) is 1.65. The van der Waals surface area contributed by atoms with Gasteiger partial charge in [-0.15, -0.1) is 0 Å². The van der Waals surface area contributed by atoms with Gasteiger partial charge in [-0.1, -0.05) is 12.1 Å². The first kappa shape index (κ1) is 15.6. The van der Waals surface area contributed by atoms with Gasteiger partial charge in [-0.05, 0) is 34.8 Å². The van der Waals surface area contributed by atoms with Gasteiger partial charge in [0, 0.05) is 18.2 Å². The van der Waals surface area contributed by atoms with Crippen LogP contribution in [0.5, 0.6) is 5.75 Å². The SMILES string of the molecule is FC(F)(F)COCOc1c(Br)cccc1CNC1CC1. The van der Waals surface area contributed by atoms with Crippen LogP contribution in [-0.4, -0.2) is 25.6 Å². The van der Waals surface area contributed by atoms with E-state index in [1.807, 2.05) is 12.1 Å². The van der Waals surface area contributed by atoms with Crippen LogP contribution in [0.15, 0.2) is 22.7 Å². The molecule has 0 unspecified atom stereocenters. The maximum Gasteiger partial charge on any atom is 0.411 e. The number of para-hydroxylation sites is 1. The number of nitrogens with one attached hydrogen (secondary N) is 1. The first-order valence-corrected chi connectivity index (χ1v) is 7.03. The number of alkyl halides is 3. The number of hydrogen-bond acceptors (Lipinski definition) is 3. The molecule has 2 rings (SSSR count). The molecule has 1 aromatic carbocycles. The third-order valence-corrected chi connectivity index (χ3v) is 3.38. The van der Waals surface area contributed by atoms with Gasteiger partial charge >= 0.3 is 6.18 Å². The Balaban J connectivity index is 1.87. The summed E-state index contributed by atoms with van der Waals surface area (Å²) in [7, 11) is 0. The van der Waals surface area contributed by atoms with E-state index in [0.717, 1.165) is 5.56 Å². The second-order valence-electron chi connectivity index (χ2n) is 4.61. The van der Waals surface area contributed by atoms with Crippen molar-refractivity contribution < 1.29 is 22.6 Å². The van der Waals surface area contributed by atoms with Crippen molar-refractivity contribution in [1.82, 2.24) is 5.32 Å². The minimum absolute atomic E-state index is 0.432. The van der Waals surface area contributed by atoms with Crippen LogP contribution in [-0.2, 0) is 11.3 Å². The molecule has 1 saturated carbocycles. The lowest BCUT2D eigenvalue weighted by molar-refractivity contribution is -0.186. The first-order chi connectivity index (χ1) is 9.46. The summed E-state index contributed by atoms with van der Waals surface area (Å²) in [5, 5.41) is 3.33. The summed E-state index contributed by atoms with van der Waals surface area (Å²) >= 11 is 3.33. The predicted molar refractivity (Wildman–Crippen MR) is 71.5 cm³/mol. The predicted octanol–water partition coefficient (Wildman–Crippen LogP) is 3.62. The van der Waals surface area contributed by atoms with Gasteiger partial charge < -0.3 is 14.8 Å². The zero-order chi connectivity index (χ0) is 14.6. The minimum Gasteiger partial charge on any atom is -0.466 e. The Labute approximate surface area is 123 Å². The van der Waals surface area contributed by atoms with Crippen molar-refractivity contribution in [3.05, 3.63) is 28.2 Å². The van der Waals surface area contributed by atoms with Crippen LogP contribution in [0.3, 0.4) is 0 Å². The molecule has 0 bridgehead atoms. The molecule has 1 aromatic rings. The second kappa shape index (κ2) is 6.78. The third-order valence-electron chi connectivity index (χ3n) is 2.76. The summed E-state index contributed by atoms with van der Waals surface area (Å²) in [6.45, 7) is -1.12. The zero-order valence-electron chi connectivity index (χ0n) is 10.7. The molecule has 0 spiro atoms. The Morgan fingerprint density at radius 2 is 2.05 bits per heavy atom. The monoisotopic (exact) mass is 353 g/mol. The van der Waals surface area contributed by atoms with Crippen molar-refractivity contribution in [3.8, 4) is 5.75 Å². The van der Waals surface area contributed by atoms with E-state index in [2.05, 4.69) is 26.0 Å². The lowest BCUT2D eigenvalue weighted by Gasteiger charge is -2.14. The van der Waals surface area contributed by atoms with E-state index in [-0.39, 0.29) is 0 Å². The average molecular weight is 354 g/mol. The Kier molecular flexibility index (Phi) is 5.29. The van der Waals surface area contributed by atoms with Crippen LogP contribution in [0.25, 0.3) is 0 Å². The Morgan fingerprint density at radius 3 is 2.70 bits per heavy atom. The van der Waals surface area contributed by atoms with E-state index < -0.39 is 19.6 Å². The number of hydrogen-bond donors (Lipinski definition) is 1. The highest BCUT2D eigenvalue weighted by atomic mass is 79.9. The lowest BCUT2D eigenvalue weighted by Crippen LogP contribution is -2.20. The minimum atomic E-state index is -4.34. The van der Waals surface area contributed by atoms with Crippen LogP contribution < -0.4 is 10.1 Å². The highest BCUT2D eigenvalue weighted by molar-refractivity contribution is 9.10. The van der Waals surface area contributed by atoms with Crippen molar-refractivity contribution >= 4 is 15.9 Å². The number of rotatable bonds is 7. The van der Waals surface area contributed by atoms with E-state index >= 15 is 0 Å². The number of ether oxygens (including phenoxy) is 2. The molecule has 0 radical (unpaired) electrons. The molecule has 0 saturated heterocycles. The van der Waals surface area contributed by atoms with E-state index in [9.17, 15) is 13.2 Å². The molecule has 112 valence electrons. The second-order valence-corrected chi connectivity index (χ2v) is 5.46. The Morgan fingerprint density at radius 1 is 1.30 bits per heavy atom. The van der Waals surface area contributed by atoms with Crippen molar-refractivity contribution in [1.29, 1.82) is 0 Å². The maximum atomic E-state index is 12.0. The lowest BCUT2D eigenvalue weighted by atomic mass is 10.2. The van der Waals surface area contributed by atoms with Gasteiger partial charge in [-0.2, -0.15) is 13.2 Å². The van der Waals surface area contributed by atoms with Gasteiger partial charge in [0.25, 0.3) is 0 Å². The maximum absolute atomic E-state index is 12.0. The molecule has 0 aromatic heterocycles. The van der Waals surface area contributed by atoms with Crippen molar-refractivity contribution in [2.24, 2.45) is 0 Å². The zero-order valence-corrected chi connectivity index (χ0v) is 12.3. The molecule has 1 aliphatic rings. The number of halogens is 4. The van der Waals surface area contributed by atoms with Gasteiger partial charge in [-0.25, -0.2) is 0 Å². The summed E-state index contributed by atoms with van der Waals surface area (Å²) in [5.74, 6) is 0.517. The fourth-order valence-corrected chi connectivity index (χ4v) is 2.18. The molecule has 0 amide bonds. The number of benzene rings is 1. The fraction of sp³-hybridized carbons (Fsp3) is 0.538. The van der Waals surface area contributed by atoms with Gasteiger partial charge in [0.2, 0.25) is 0 Å². The van der Waals surface area contributed by atoms with Crippen LogP contribution in [0.2, 0.25) is 0 Å². The van der Waals surface area contributed by atoms with Crippen LogP contribution in [0.4, 0.5) is 13.2 Å². The molecular weight excluding hydrogens is 339 g/mol. The first-order valence-electron chi connectivity index (χ1n) is 6.24. The van der Waals surface area contributed by atoms with Gasteiger partial charge in [0.15, 0.2) is 6.79 Å². The molecule has 0 heterocycles. The summed E-state index contributed by atoms with van der Waals surface area (Å²) in [6, 6.07) is 6.06. The van der Waals surface area contributed by atoms with Gasteiger partial charge in [-0.3, -0.25) is 0 Å². The third kappa shape index (κ3) is 5.30. The van der Waals surface area contributed by atoms with E-state index in [4.69, 9.17) is 4.74 Å². The molecule has 20 heavy (non-hydrogen) atoms. The summed E-state index contributed by atoms with van der Waals surface area (Å²) in [4.78, 5) is 0. The van der Waals surface area contributed by atoms with Crippen molar-refractivity contribution in [2.75, 3.05) is 13.4 Å². The average Bonchev–Trinajstić information content (AvgIpc) is 3.17. The standard InChI is InChI=1S/C13H15BrF3NO2/c14-11-3-1-2-9(6-18-10-4-5-10)12(11)20-8-19-7-13(15,16)17/h1-3,10,18H,4-8H2. The van der Waals surface area contributed by atoms with Gasteiger partial charge in [0.05, 0.1) is 4.47 Å². The van der Waals surface area contributed by atoms with Crippen LogP contribution in [0, 0.1) is 0 Å². The Hall–Kier alpha value is -0.790. The molecule has 7 heteroatoms. The van der Waals surface area contributed by atoms with E-state index in [1.165, 1.54) is 12.8 Å². The Bertz CT molecular complexity index is 450. The van der Waals surface area contributed by atoms with E-state index in [0.29, 0.717) is 22.8 Å². The summed E-state index contributed by atoms with van der Waals surface area (Å²) in [5.41, 5.74) is 0.891. The van der Waals surface area contributed by atoms with Crippen LogP contribution in [0.1, 0.15) is 18.4 Å².